The molecule has 0 saturated carbocycles. The van der Waals surface area contributed by atoms with Gasteiger partial charge in [0.05, 0.1) is 17.4 Å². The number of hydrogen-bond acceptors (Lipinski definition) is 3. The summed E-state index contributed by atoms with van der Waals surface area (Å²) in [5, 5.41) is 4.51. The van der Waals surface area contributed by atoms with Crippen LogP contribution in [0, 0.1) is 6.92 Å². The zero-order valence-corrected chi connectivity index (χ0v) is 12.7. The van der Waals surface area contributed by atoms with E-state index in [1.54, 1.807) is 0 Å². The van der Waals surface area contributed by atoms with Gasteiger partial charge in [0.25, 0.3) is 0 Å². The second-order valence-electron chi connectivity index (χ2n) is 5.48. The first-order valence-electron chi connectivity index (χ1n) is 7.53. The highest BCUT2D eigenvalue weighted by Gasteiger charge is 2.03. The number of nitrogens with one attached hydrogen (secondary N) is 2. The van der Waals surface area contributed by atoms with Gasteiger partial charge in [-0.1, -0.05) is 30.3 Å². The van der Waals surface area contributed by atoms with Crippen molar-refractivity contribution >= 4 is 22.4 Å². The average Bonchev–Trinajstić information content (AvgIpc) is 3.02. The average molecular weight is 300 g/mol. The smallest absolute Gasteiger partial charge is 0.131 e. The normalized spacial score (nSPS) is 10.8. The van der Waals surface area contributed by atoms with Gasteiger partial charge in [-0.05, 0) is 37.3 Å². The Morgan fingerprint density at radius 3 is 2.74 bits per heavy atom. The van der Waals surface area contributed by atoms with Crippen molar-refractivity contribution in [2.45, 2.75) is 6.92 Å². The number of imidazole rings is 1. The Hall–Kier alpha value is -3.14. The molecule has 4 aromatic rings. The number of H-pyrrole nitrogens is 1. The first-order chi connectivity index (χ1) is 11.3. The van der Waals surface area contributed by atoms with Crippen molar-refractivity contribution in [2.75, 3.05) is 5.32 Å². The molecule has 0 aliphatic heterocycles. The summed E-state index contributed by atoms with van der Waals surface area (Å²) in [6, 6.07) is 20.4. The number of aromatic amines is 1. The van der Waals surface area contributed by atoms with E-state index < -0.39 is 0 Å². The third kappa shape index (κ3) is 2.79. The van der Waals surface area contributed by atoms with Gasteiger partial charge in [0.1, 0.15) is 11.6 Å². The number of rotatable bonds is 3. The summed E-state index contributed by atoms with van der Waals surface area (Å²) < 4.78 is 0. The van der Waals surface area contributed by atoms with Crippen molar-refractivity contribution in [1.29, 1.82) is 0 Å². The lowest BCUT2D eigenvalue weighted by Gasteiger charge is -2.08. The molecule has 0 atom stereocenters. The number of benzene rings is 2. The number of anilines is 2. The third-order valence-corrected chi connectivity index (χ3v) is 3.75. The maximum Gasteiger partial charge on any atom is 0.131 e. The molecule has 2 aromatic heterocycles. The summed E-state index contributed by atoms with van der Waals surface area (Å²) in [7, 11) is 0. The van der Waals surface area contributed by atoms with Crippen LogP contribution in [0.1, 0.15) is 5.82 Å². The van der Waals surface area contributed by atoms with Crippen molar-refractivity contribution in [3.05, 3.63) is 72.7 Å². The molecule has 0 aliphatic carbocycles. The molecule has 0 spiro atoms. The molecule has 2 N–H and O–H groups in total. The predicted molar refractivity (Wildman–Crippen MR) is 93.8 cm³/mol. The summed E-state index contributed by atoms with van der Waals surface area (Å²) in [5.74, 6) is 1.75. The Morgan fingerprint density at radius 1 is 0.957 bits per heavy atom. The van der Waals surface area contributed by atoms with Crippen LogP contribution in [0.5, 0.6) is 0 Å². The van der Waals surface area contributed by atoms with Gasteiger partial charge in [-0.3, -0.25) is 0 Å². The molecule has 0 bridgehead atoms. The minimum absolute atomic E-state index is 0.835. The number of aryl methyl sites for hydroxylation is 1. The molecule has 0 amide bonds. The van der Waals surface area contributed by atoms with Crippen LogP contribution in [0.15, 0.2) is 66.9 Å². The second-order valence-corrected chi connectivity index (χ2v) is 5.48. The topological polar surface area (TPSA) is 53.6 Å². The van der Waals surface area contributed by atoms with Crippen LogP contribution in [0.2, 0.25) is 0 Å². The minimum Gasteiger partial charge on any atom is -0.342 e. The molecule has 112 valence electrons. The Kier molecular flexibility index (Phi) is 3.27. The van der Waals surface area contributed by atoms with Gasteiger partial charge < -0.3 is 10.3 Å². The fraction of sp³-hybridized carbons (Fsp3) is 0.0526. The van der Waals surface area contributed by atoms with Crippen molar-refractivity contribution in [2.24, 2.45) is 0 Å². The fourth-order valence-electron chi connectivity index (χ4n) is 2.62. The lowest BCUT2D eigenvalue weighted by Crippen LogP contribution is -1.94. The Balaban J connectivity index is 1.65. The first kappa shape index (κ1) is 13.5. The predicted octanol–water partition coefficient (Wildman–Crippen LogP) is 4.68. The van der Waals surface area contributed by atoms with E-state index in [4.69, 9.17) is 0 Å². The lowest BCUT2D eigenvalue weighted by atomic mass is 10.1. The largest absolute Gasteiger partial charge is 0.342 e. The molecule has 0 fully saturated rings. The highest BCUT2D eigenvalue weighted by molar-refractivity contribution is 5.81. The fourth-order valence-corrected chi connectivity index (χ4v) is 2.62. The third-order valence-electron chi connectivity index (χ3n) is 3.75. The van der Waals surface area contributed by atoms with E-state index in [2.05, 4.69) is 44.5 Å². The molecule has 0 saturated heterocycles. The van der Waals surface area contributed by atoms with Crippen LogP contribution in [0.4, 0.5) is 11.5 Å². The second kappa shape index (κ2) is 5.57. The SMILES string of the molecule is Cc1ncc(-c2cccc(Nc3ccc4ccccc4n3)c2)[nH]1. The monoisotopic (exact) mass is 300 g/mol. The van der Waals surface area contributed by atoms with Crippen molar-refractivity contribution in [3.63, 3.8) is 0 Å². The molecule has 23 heavy (non-hydrogen) atoms. The van der Waals surface area contributed by atoms with Gasteiger partial charge in [-0.25, -0.2) is 9.97 Å². The van der Waals surface area contributed by atoms with Gasteiger partial charge in [0, 0.05) is 16.6 Å². The summed E-state index contributed by atoms with van der Waals surface area (Å²) in [5.41, 5.74) is 4.09. The van der Waals surface area contributed by atoms with E-state index in [0.29, 0.717) is 0 Å². The molecule has 2 heterocycles. The molecular formula is C19H16N4. The summed E-state index contributed by atoms with van der Waals surface area (Å²) >= 11 is 0. The number of para-hydroxylation sites is 1. The van der Waals surface area contributed by atoms with Gasteiger partial charge in [0.15, 0.2) is 0 Å². The zero-order chi connectivity index (χ0) is 15.6. The number of pyridine rings is 1. The van der Waals surface area contributed by atoms with E-state index in [1.807, 2.05) is 49.5 Å². The van der Waals surface area contributed by atoms with Crippen LogP contribution < -0.4 is 5.32 Å². The zero-order valence-electron chi connectivity index (χ0n) is 12.7. The maximum absolute atomic E-state index is 4.65. The van der Waals surface area contributed by atoms with E-state index in [0.717, 1.165) is 39.5 Å². The van der Waals surface area contributed by atoms with E-state index >= 15 is 0 Å². The molecule has 4 nitrogen and oxygen atoms in total. The van der Waals surface area contributed by atoms with E-state index in [1.165, 1.54) is 0 Å². The standard InChI is InChI=1S/C19H16N4/c1-13-20-12-18(21-13)15-6-4-7-16(11-15)22-19-10-9-14-5-2-3-8-17(14)23-19/h2-12H,1H3,(H,20,21)(H,22,23). The van der Waals surface area contributed by atoms with Crippen molar-refractivity contribution in [3.8, 4) is 11.3 Å². The molecule has 4 rings (SSSR count). The van der Waals surface area contributed by atoms with Crippen LogP contribution in [-0.4, -0.2) is 15.0 Å². The number of nitrogens with zero attached hydrogens (tertiary/aromatic N) is 2. The molecule has 0 aliphatic rings. The van der Waals surface area contributed by atoms with Gasteiger partial charge in [-0.2, -0.15) is 0 Å². The molecule has 2 aromatic carbocycles. The van der Waals surface area contributed by atoms with Crippen molar-refractivity contribution < 1.29 is 0 Å². The number of hydrogen-bond donors (Lipinski definition) is 2. The Morgan fingerprint density at radius 2 is 1.87 bits per heavy atom. The maximum atomic E-state index is 4.65. The molecule has 0 unspecified atom stereocenters. The highest BCUT2D eigenvalue weighted by Crippen LogP contribution is 2.24. The molecule has 0 radical (unpaired) electrons. The summed E-state index contributed by atoms with van der Waals surface area (Å²) in [6.45, 7) is 1.95. The van der Waals surface area contributed by atoms with Gasteiger partial charge in [-0.15, -0.1) is 0 Å². The van der Waals surface area contributed by atoms with Gasteiger partial charge in [0.2, 0.25) is 0 Å². The summed E-state index contributed by atoms with van der Waals surface area (Å²) in [4.78, 5) is 12.2. The Bertz CT molecular complexity index is 972. The van der Waals surface area contributed by atoms with Gasteiger partial charge >= 0.3 is 0 Å². The van der Waals surface area contributed by atoms with Crippen LogP contribution in [0.3, 0.4) is 0 Å². The number of aromatic nitrogens is 3. The summed E-state index contributed by atoms with van der Waals surface area (Å²) in [6.07, 6.45) is 1.85. The molecule has 4 heteroatoms. The van der Waals surface area contributed by atoms with E-state index in [9.17, 15) is 0 Å². The minimum atomic E-state index is 0.835. The molecular weight excluding hydrogens is 284 g/mol. The Labute approximate surface area is 134 Å². The number of fused-ring (bicyclic) bond motifs is 1. The van der Waals surface area contributed by atoms with Crippen LogP contribution in [0.25, 0.3) is 22.2 Å². The quantitative estimate of drug-likeness (QED) is 0.577. The lowest BCUT2D eigenvalue weighted by molar-refractivity contribution is 1.15. The van der Waals surface area contributed by atoms with Crippen LogP contribution >= 0.6 is 0 Å². The van der Waals surface area contributed by atoms with Crippen molar-refractivity contribution in [1.82, 2.24) is 15.0 Å². The highest BCUT2D eigenvalue weighted by atomic mass is 15.0. The van der Waals surface area contributed by atoms with E-state index in [-0.39, 0.29) is 0 Å². The first-order valence-corrected chi connectivity index (χ1v) is 7.53. The van der Waals surface area contributed by atoms with Crippen LogP contribution in [-0.2, 0) is 0 Å².